The molecular formula is C23H13Br2Cl2N3O5. The highest BCUT2D eigenvalue weighted by Gasteiger charge is 2.15. The van der Waals surface area contributed by atoms with Crippen LogP contribution in [0.1, 0.15) is 21.7 Å². The number of fused-ring (bicyclic) bond motifs is 1. The summed E-state index contributed by atoms with van der Waals surface area (Å²) < 4.78 is 12.9. The average Bonchev–Trinajstić information content (AvgIpc) is 3.23. The predicted octanol–water partition coefficient (Wildman–Crippen LogP) is 7.52. The van der Waals surface area contributed by atoms with Crippen LogP contribution in [-0.4, -0.2) is 17.0 Å². The van der Waals surface area contributed by atoms with Crippen LogP contribution < -0.4 is 10.2 Å². The third kappa shape index (κ3) is 6.02. The van der Waals surface area contributed by atoms with E-state index in [0.717, 1.165) is 9.86 Å². The van der Waals surface area contributed by atoms with Gasteiger partial charge in [0.15, 0.2) is 11.5 Å². The molecule has 12 heteroatoms. The van der Waals surface area contributed by atoms with Crippen molar-refractivity contribution in [1.29, 1.82) is 0 Å². The minimum Gasteiger partial charge on any atom is -0.486 e. The van der Waals surface area contributed by atoms with Gasteiger partial charge >= 0.3 is 5.91 Å². The SMILES string of the molecule is O=C(N/N=C\c1cc(Cl)c(OCc2ccc([N+](=O)[O-])cc2)c(Cl)c1)c1cc2cc(Br)cc(Br)c2o1. The summed E-state index contributed by atoms with van der Waals surface area (Å²) >= 11 is 19.4. The average molecular weight is 642 g/mol. The standard InChI is InChI=1S/C23H13Br2Cl2N3O5/c24-15-7-14-8-20(35-21(14)17(25)9-15)23(31)29-28-10-13-5-18(26)22(19(27)6-13)34-11-12-1-3-16(4-2-12)30(32)33/h1-10H,11H2,(H,29,31)/b28-10-. The number of hydrogen-bond acceptors (Lipinski definition) is 6. The van der Waals surface area contributed by atoms with Crippen LogP contribution >= 0.6 is 55.1 Å². The first kappa shape index (κ1) is 25.2. The first-order chi connectivity index (χ1) is 16.7. The third-order valence-corrected chi connectivity index (χ3v) is 6.30. The summed E-state index contributed by atoms with van der Waals surface area (Å²) in [5.41, 5.74) is 4.17. The van der Waals surface area contributed by atoms with Gasteiger partial charge in [-0.15, -0.1) is 0 Å². The molecule has 0 unspecified atom stereocenters. The topological polar surface area (TPSA) is 107 Å². The van der Waals surface area contributed by atoms with Crippen LogP contribution in [0.15, 0.2) is 73.1 Å². The molecule has 178 valence electrons. The number of hydrazone groups is 1. The molecule has 1 heterocycles. The summed E-state index contributed by atoms with van der Waals surface area (Å²) in [5.74, 6) is -0.172. The molecule has 4 rings (SSSR count). The number of halogens is 4. The van der Waals surface area contributed by atoms with Crippen LogP contribution in [0.2, 0.25) is 10.0 Å². The Kier molecular flexibility index (Phi) is 7.75. The molecule has 0 spiro atoms. The zero-order chi connectivity index (χ0) is 25.1. The van der Waals surface area contributed by atoms with Crippen LogP contribution in [0.25, 0.3) is 11.0 Å². The van der Waals surface area contributed by atoms with E-state index >= 15 is 0 Å². The van der Waals surface area contributed by atoms with Crippen LogP contribution in [0.5, 0.6) is 5.75 Å². The Labute approximate surface area is 225 Å². The molecule has 4 aromatic rings. The molecule has 1 aromatic heterocycles. The Morgan fingerprint density at radius 3 is 2.46 bits per heavy atom. The Morgan fingerprint density at radius 1 is 1.11 bits per heavy atom. The van der Waals surface area contributed by atoms with Crippen LogP contribution in [-0.2, 0) is 6.61 Å². The fourth-order valence-corrected chi connectivity index (χ4v) is 5.02. The van der Waals surface area contributed by atoms with Crippen molar-refractivity contribution in [1.82, 2.24) is 5.43 Å². The number of carbonyl (C=O) groups is 1. The van der Waals surface area contributed by atoms with Crippen LogP contribution in [0.4, 0.5) is 5.69 Å². The van der Waals surface area contributed by atoms with Crippen molar-refractivity contribution in [3.05, 3.63) is 101 Å². The maximum Gasteiger partial charge on any atom is 0.307 e. The van der Waals surface area contributed by atoms with Gasteiger partial charge in [-0.3, -0.25) is 14.9 Å². The number of carbonyl (C=O) groups excluding carboxylic acids is 1. The zero-order valence-electron chi connectivity index (χ0n) is 17.4. The number of nitro groups is 1. The number of non-ortho nitro benzene ring substituents is 1. The van der Waals surface area contributed by atoms with Crippen molar-refractivity contribution in [3.63, 3.8) is 0 Å². The molecule has 35 heavy (non-hydrogen) atoms. The number of nitrogens with one attached hydrogen (secondary N) is 1. The Hall–Kier alpha value is -2.92. The van der Waals surface area contributed by atoms with E-state index in [1.54, 1.807) is 30.3 Å². The van der Waals surface area contributed by atoms with Gasteiger partial charge < -0.3 is 9.15 Å². The molecule has 0 bridgehead atoms. The van der Waals surface area contributed by atoms with E-state index in [1.807, 2.05) is 12.1 Å². The minimum atomic E-state index is -0.527. The molecule has 0 aliphatic heterocycles. The molecule has 1 amide bonds. The van der Waals surface area contributed by atoms with E-state index in [2.05, 4.69) is 42.4 Å². The number of ether oxygens (including phenoxy) is 1. The quantitative estimate of drug-likeness (QED) is 0.128. The van der Waals surface area contributed by atoms with Crippen molar-refractivity contribution in [2.75, 3.05) is 0 Å². The number of furan rings is 1. The third-order valence-electron chi connectivity index (χ3n) is 4.69. The maximum absolute atomic E-state index is 12.4. The van der Waals surface area contributed by atoms with Gasteiger partial charge in [0.1, 0.15) is 12.2 Å². The van der Waals surface area contributed by atoms with Gasteiger partial charge in [-0.2, -0.15) is 5.10 Å². The van der Waals surface area contributed by atoms with Crippen molar-refractivity contribution in [3.8, 4) is 5.75 Å². The van der Waals surface area contributed by atoms with Gasteiger partial charge in [0.25, 0.3) is 5.69 Å². The highest BCUT2D eigenvalue weighted by Crippen LogP contribution is 2.35. The van der Waals surface area contributed by atoms with Crippen molar-refractivity contribution < 1.29 is 18.9 Å². The number of nitro benzene ring substituents is 1. The second kappa shape index (κ2) is 10.8. The number of hydrogen-bond donors (Lipinski definition) is 1. The maximum atomic E-state index is 12.4. The molecular weight excluding hydrogens is 629 g/mol. The van der Waals surface area contributed by atoms with Gasteiger partial charge in [-0.05, 0) is 69.5 Å². The molecule has 8 nitrogen and oxygen atoms in total. The molecule has 0 radical (unpaired) electrons. The molecule has 0 fully saturated rings. The molecule has 0 saturated heterocycles. The molecule has 0 aliphatic carbocycles. The Morgan fingerprint density at radius 2 is 1.80 bits per heavy atom. The van der Waals surface area contributed by atoms with Crippen LogP contribution in [0, 0.1) is 10.1 Å². The lowest BCUT2D eigenvalue weighted by Crippen LogP contribution is -2.16. The number of rotatable bonds is 7. The van der Waals surface area contributed by atoms with Crippen molar-refractivity contribution in [2.45, 2.75) is 6.61 Å². The van der Waals surface area contributed by atoms with Crippen molar-refractivity contribution in [2.24, 2.45) is 5.10 Å². The second-order valence-corrected chi connectivity index (χ2v) is 9.73. The van der Waals surface area contributed by atoms with E-state index < -0.39 is 10.8 Å². The highest BCUT2D eigenvalue weighted by molar-refractivity contribution is 9.11. The summed E-state index contributed by atoms with van der Waals surface area (Å²) in [6.07, 6.45) is 1.38. The van der Waals surface area contributed by atoms with Crippen LogP contribution in [0.3, 0.4) is 0 Å². The van der Waals surface area contributed by atoms with Gasteiger partial charge in [0.2, 0.25) is 0 Å². The van der Waals surface area contributed by atoms with E-state index in [9.17, 15) is 14.9 Å². The summed E-state index contributed by atoms with van der Waals surface area (Å²) in [6, 6.07) is 14.4. The van der Waals surface area contributed by atoms with E-state index in [0.29, 0.717) is 21.2 Å². The number of nitrogens with zero attached hydrogens (tertiary/aromatic N) is 2. The lowest BCUT2D eigenvalue weighted by Gasteiger charge is -2.11. The van der Waals surface area contributed by atoms with Gasteiger partial charge in [0.05, 0.1) is 25.7 Å². The van der Waals surface area contributed by atoms with Crippen molar-refractivity contribution >= 4 is 83.8 Å². The molecule has 0 saturated carbocycles. The Bertz CT molecular complexity index is 1450. The first-order valence-electron chi connectivity index (χ1n) is 9.78. The molecule has 0 aliphatic rings. The zero-order valence-corrected chi connectivity index (χ0v) is 22.1. The molecule has 1 N–H and O–H groups in total. The largest absolute Gasteiger partial charge is 0.486 e. The van der Waals surface area contributed by atoms with Gasteiger partial charge in [-0.1, -0.05) is 39.1 Å². The summed E-state index contributed by atoms with van der Waals surface area (Å²) in [4.78, 5) is 22.7. The van der Waals surface area contributed by atoms with E-state index in [1.165, 1.54) is 18.3 Å². The number of amides is 1. The molecule has 3 aromatic carbocycles. The summed E-state index contributed by atoms with van der Waals surface area (Å²) in [7, 11) is 0. The smallest absolute Gasteiger partial charge is 0.307 e. The van der Waals surface area contributed by atoms with E-state index in [-0.39, 0.29) is 33.8 Å². The fourth-order valence-electron chi connectivity index (χ4n) is 3.07. The second-order valence-electron chi connectivity index (χ2n) is 7.14. The highest BCUT2D eigenvalue weighted by atomic mass is 79.9. The lowest BCUT2D eigenvalue weighted by atomic mass is 10.2. The Balaban J connectivity index is 1.40. The number of benzene rings is 3. The predicted molar refractivity (Wildman–Crippen MR) is 141 cm³/mol. The monoisotopic (exact) mass is 639 g/mol. The minimum absolute atomic E-state index is 0.0122. The summed E-state index contributed by atoms with van der Waals surface area (Å²) in [6.45, 7) is 0.116. The first-order valence-corrected chi connectivity index (χ1v) is 12.1. The lowest BCUT2D eigenvalue weighted by molar-refractivity contribution is -0.384. The van der Waals surface area contributed by atoms with Gasteiger partial charge in [-0.25, -0.2) is 5.43 Å². The molecule has 0 atom stereocenters. The van der Waals surface area contributed by atoms with E-state index in [4.69, 9.17) is 32.4 Å². The fraction of sp³-hybridized carbons (Fsp3) is 0.0435. The van der Waals surface area contributed by atoms with Gasteiger partial charge in [0, 0.05) is 22.0 Å². The summed E-state index contributed by atoms with van der Waals surface area (Å²) in [5, 5.41) is 15.9. The normalized spacial score (nSPS) is 11.2.